The minimum absolute atomic E-state index is 0.176. The van der Waals surface area contributed by atoms with Gasteiger partial charge in [-0.2, -0.15) is 5.48 Å². The molecule has 60 valence electrons. The van der Waals surface area contributed by atoms with Gasteiger partial charge in [-0.1, -0.05) is 6.58 Å². The number of carbonyl (C=O) groups is 1. The minimum atomic E-state index is -0.935. The number of hydroxylamine groups is 1. The highest BCUT2D eigenvalue weighted by Crippen LogP contribution is 1.81. The number of nitrogens with one attached hydrogen (secondary N) is 1. The van der Waals surface area contributed by atoms with Crippen molar-refractivity contribution >= 4 is 5.97 Å². The van der Waals surface area contributed by atoms with Crippen LogP contribution in [0.3, 0.4) is 0 Å². The van der Waals surface area contributed by atoms with Crippen LogP contribution in [0.1, 0.15) is 6.92 Å². The van der Waals surface area contributed by atoms with Crippen LogP contribution in [-0.4, -0.2) is 28.1 Å². The molecule has 0 aromatic rings. The van der Waals surface area contributed by atoms with E-state index in [0.717, 1.165) is 0 Å². The number of aliphatic hydroxyl groups excluding tert-OH is 1. The molecule has 0 amide bonds. The van der Waals surface area contributed by atoms with Crippen LogP contribution in [-0.2, 0) is 4.79 Å². The van der Waals surface area contributed by atoms with E-state index in [9.17, 15) is 4.79 Å². The van der Waals surface area contributed by atoms with Gasteiger partial charge in [0.1, 0.15) is 6.73 Å². The van der Waals surface area contributed by atoms with E-state index in [0.29, 0.717) is 0 Å². The minimum Gasteiger partial charge on any atom is -0.478 e. The first-order valence-corrected chi connectivity index (χ1v) is 2.42. The van der Waals surface area contributed by atoms with E-state index in [2.05, 4.69) is 6.58 Å². The first-order chi connectivity index (χ1) is 4.56. The summed E-state index contributed by atoms with van der Waals surface area (Å²) in [5.74, 6) is -0.935. The molecule has 0 radical (unpaired) electrons. The monoisotopic (exact) mass is 149 g/mol. The molecule has 10 heavy (non-hydrogen) atoms. The predicted octanol–water partition coefficient (Wildman–Crippen LogP) is -0.438. The first kappa shape index (κ1) is 11.8. The van der Waals surface area contributed by atoms with Gasteiger partial charge in [0.15, 0.2) is 0 Å². The molecule has 0 atom stereocenters. The lowest BCUT2D eigenvalue weighted by atomic mass is 10.4. The standard InChI is InChI=1S/C4H6O2.CH5NO2/c1-3(2)4(5)6;3-1-2-4/h1H2,2H3,(H,5,6);2-4H,1H2. The number of carboxylic acid groups (broad SMARTS) is 1. The third-order valence-corrected chi connectivity index (χ3v) is 0.436. The Hall–Kier alpha value is -0.910. The Balaban J connectivity index is 0. The van der Waals surface area contributed by atoms with E-state index >= 15 is 0 Å². The Morgan fingerprint density at radius 1 is 1.70 bits per heavy atom. The molecule has 0 aromatic carbocycles. The summed E-state index contributed by atoms with van der Waals surface area (Å²) in [6.45, 7) is 4.23. The van der Waals surface area contributed by atoms with Gasteiger partial charge in [-0.05, 0) is 6.92 Å². The van der Waals surface area contributed by atoms with Crippen molar-refractivity contribution in [3.8, 4) is 0 Å². The van der Waals surface area contributed by atoms with Gasteiger partial charge in [0.05, 0.1) is 0 Å². The van der Waals surface area contributed by atoms with Crippen molar-refractivity contribution in [2.75, 3.05) is 6.73 Å². The van der Waals surface area contributed by atoms with Crippen molar-refractivity contribution in [1.29, 1.82) is 0 Å². The highest BCUT2D eigenvalue weighted by molar-refractivity contribution is 5.84. The van der Waals surface area contributed by atoms with Crippen molar-refractivity contribution in [3.05, 3.63) is 12.2 Å². The van der Waals surface area contributed by atoms with Crippen molar-refractivity contribution in [1.82, 2.24) is 5.48 Å². The lowest BCUT2D eigenvalue weighted by Crippen LogP contribution is -2.05. The molecule has 5 heteroatoms. The lowest BCUT2D eigenvalue weighted by Gasteiger charge is -1.79. The molecule has 0 aliphatic rings. The first-order valence-electron chi connectivity index (χ1n) is 2.42. The molecule has 0 heterocycles. The second-order valence-corrected chi connectivity index (χ2v) is 1.40. The van der Waals surface area contributed by atoms with Gasteiger partial charge in [-0.15, -0.1) is 0 Å². The van der Waals surface area contributed by atoms with Gasteiger partial charge < -0.3 is 15.4 Å². The lowest BCUT2D eigenvalue weighted by molar-refractivity contribution is -0.132. The molecule has 0 saturated heterocycles. The topological polar surface area (TPSA) is 89.8 Å². The number of rotatable bonds is 2. The Kier molecular flexibility index (Phi) is 9.57. The zero-order chi connectivity index (χ0) is 8.57. The molecule has 4 N–H and O–H groups in total. The van der Waals surface area contributed by atoms with Crippen LogP contribution < -0.4 is 5.48 Å². The van der Waals surface area contributed by atoms with Crippen LogP contribution >= 0.6 is 0 Å². The molecule has 0 bridgehead atoms. The zero-order valence-corrected chi connectivity index (χ0v) is 5.66. The van der Waals surface area contributed by atoms with Crippen LogP contribution in [0, 0.1) is 0 Å². The summed E-state index contributed by atoms with van der Waals surface area (Å²) in [5, 5.41) is 22.8. The van der Waals surface area contributed by atoms with Crippen LogP contribution in [0.25, 0.3) is 0 Å². The van der Waals surface area contributed by atoms with Crippen LogP contribution in [0.15, 0.2) is 12.2 Å². The summed E-state index contributed by atoms with van der Waals surface area (Å²) in [6.07, 6.45) is 0. The Bertz CT molecular complexity index is 98.2. The third-order valence-electron chi connectivity index (χ3n) is 0.436. The van der Waals surface area contributed by atoms with Gasteiger partial charge in [-0.25, -0.2) is 4.79 Å². The molecule has 0 aromatic heterocycles. The average molecular weight is 149 g/mol. The maximum atomic E-state index is 9.60. The summed E-state index contributed by atoms with van der Waals surface area (Å²) in [4.78, 5) is 9.60. The second kappa shape index (κ2) is 8.09. The largest absolute Gasteiger partial charge is 0.478 e. The van der Waals surface area contributed by atoms with Gasteiger partial charge in [-0.3, -0.25) is 0 Å². The molecule has 0 spiro atoms. The summed E-state index contributed by atoms with van der Waals surface area (Å²) in [7, 11) is 0. The number of carboxylic acids is 1. The van der Waals surface area contributed by atoms with E-state index in [-0.39, 0.29) is 12.3 Å². The van der Waals surface area contributed by atoms with Crippen molar-refractivity contribution in [2.24, 2.45) is 0 Å². The number of aliphatic hydroxyl groups is 1. The fraction of sp³-hybridized carbons (Fsp3) is 0.400. The van der Waals surface area contributed by atoms with Gasteiger partial charge in [0.2, 0.25) is 0 Å². The van der Waals surface area contributed by atoms with Crippen molar-refractivity contribution in [2.45, 2.75) is 6.92 Å². The average Bonchev–Trinajstić information content (AvgIpc) is 1.89. The summed E-state index contributed by atoms with van der Waals surface area (Å²) >= 11 is 0. The van der Waals surface area contributed by atoms with E-state index < -0.39 is 5.97 Å². The van der Waals surface area contributed by atoms with Crippen molar-refractivity contribution in [3.63, 3.8) is 0 Å². The number of hydrogen-bond donors (Lipinski definition) is 4. The molecular formula is C5H11NO4. The van der Waals surface area contributed by atoms with Crippen molar-refractivity contribution < 1.29 is 20.2 Å². The Labute approximate surface area is 58.6 Å². The Morgan fingerprint density at radius 2 is 1.90 bits per heavy atom. The fourth-order valence-corrected chi connectivity index (χ4v) is 0. The Morgan fingerprint density at radius 3 is 1.90 bits per heavy atom. The normalized spacial score (nSPS) is 7.50. The highest BCUT2D eigenvalue weighted by Gasteiger charge is 1.90. The molecule has 0 unspecified atom stereocenters. The smallest absolute Gasteiger partial charge is 0.330 e. The predicted molar refractivity (Wildman–Crippen MR) is 34.5 cm³/mol. The fourth-order valence-electron chi connectivity index (χ4n) is 0. The number of aliphatic carboxylic acids is 1. The van der Waals surface area contributed by atoms with E-state index in [1.165, 1.54) is 12.4 Å². The second-order valence-electron chi connectivity index (χ2n) is 1.40. The maximum absolute atomic E-state index is 9.60. The molecular weight excluding hydrogens is 138 g/mol. The van der Waals surface area contributed by atoms with E-state index in [4.69, 9.17) is 15.4 Å². The molecule has 0 saturated carbocycles. The van der Waals surface area contributed by atoms with Crippen LogP contribution in [0.4, 0.5) is 0 Å². The quantitative estimate of drug-likeness (QED) is 0.243. The molecule has 0 aliphatic carbocycles. The van der Waals surface area contributed by atoms with Crippen LogP contribution in [0.2, 0.25) is 0 Å². The van der Waals surface area contributed by atoms with Gasteiger partial charge in [0.25, 0.3) is 0 Å². The molecule has 0 rings (SSSR count). The summed E-state index contributed by atoms with van der Waals surface area (Å²) in [5.41, 5.74) is 1.66. The number of hydrogen-bond acceptors (Lipinski definition) is 4. The highest BCUT2D eigenvalue weighted by atomic mass is 16.5. The summed E-state index contributed by atoms with van der Waals surface area (Å²) < 4.78 is 0. The van der Waals surface area contributed by atoms with E-state index in [1.54, 1.807) is 0 Å². The van der Waals surface area contributed by atoms with Crippen LogP contribution in [0.5, 0.6) is 0 Å². The SMILES string of the molecule is C=C(C)C(=O)O.OCNO. The molecule has 5 nitrogen and oxygen atoms in total. The van der Waals surface area contributed by atoms with E-state index in [1.807, 2.05) is 0 Å². The van der Waals surface area contributed by atoms with Gasteiger partial charge >= 0.3 is 5.97 Å². The molecule has 0 aliphatic heterocycles. The third kappa shape index (κ3) is 15.7. The zero-order valence-electron chi connectivity index (χ0n) is 5.66. The van der Waals surface area contributed by atoms with Gasteiger partial charge in [0, 0.05) is 5.57 Å². The molecule has 0 fully saturated rings. The summed E-state index contributed by atoms with van der Waals surface area (Å²) in [6, 6.07) is 0. The maximum Gasteiger partial charge on any atom is 0.330 e.